The Morgan fingerprint density at radius 2 is 2.27 bits per heavy atom. The quantitative estimate of drug-likeness (QED) is 0.472. The molecule has 62 valence electrons. The molecule has 1 amide bonds. The van der Waals surface area contributed by atoms with Crippen molar-refractivity contribution in [1.29, 1.82) is 0 Å². The van der Waals surface area contributed by atoms with Crippen LogP contribution in [0.4, 0.5) is 0 Å². The molecule has 11 heavy (non-hydrogen) atoms. The second kappa shape index (κ2) is 5.71. The lowest BCUT2D eigenvalue weighted by Crippen LogP contribution is -2.32. The first-order valence-corrected chi connectivity index (χ1v) is 3.78. The number of amides is 1. The van der Waals surface area contributed by atoms with Crippen molar-refractivity contribution in [3.8, 4) is 0 Å². The average molecular weight is 153 g/mol. The number of nitrogens with one attached hydrogen (secondary N) is 1. The lowest BCUT2D eigenvalue weighted by Gasteiger charge is -2.12. The monoisotopic (exact) mass is 153 g/mol. The second-order valence-corrected chi connectivity index (χ2v) is 2.34. The number of carbonyl (C=O) groups excluding carboxylic acids is 1. The van der Waals surface area contributed by atoms with Gasteiger partial charge in [0.1, 0.15) is 0 Å². The van der Waals surface area contributed by atoms with Crippen LogP contribution in [0.1, 0.15) is 19.8 Å². The molecule has 0 spiro atoms. The zero-order chi connectivity index (χ0) is 8.69. The van der Waals surface area contributed by atoms with Crippen molar-refractivity contribution < 1.29 is 4.79 Å². The maximum atomic E-state index is 10.8. The third-order valence-electron chi connectivity index (χ3n) is 1.48. The minimum atomic E-state index is -0.112. The van der Waals surface area contributed by atoms with Crippen LogP contribution in [-0.4, -0.2) is 11.9 Å². The van der Waals surface area contributed by atoms with E-state index in [1.165, 1.54) is 6.08 Å². The van der Waals surface area contributed by atoms with Crippen LogP contribution in [0.2, 0.25) is 0 Å². The molecule has 0 heterocycles. The molecule has 0 aromatic carbocycles. The smallest absolute Gasteiger partial charge is 0.243 e. The van der Waals surface area contributed by atoms with Gasteiger partial charge in [-0.2, -0.15) is 0 Å². The fourth-order valence-electron chi connectivity index (χ4n) is 0.789. The molecule has 0 aromatic rings. The van der Waals surface area contributed by atoms with Gasteiger partial charge in [-0.1, -0.05) is 19.6 Å². The Balaban J connectivity index is 3.75. The van der Waals surface area contributed by atoms with Gasteiger partial charge in [0, 0.05) is 6.04 Å². The molecule has 2 nitrogen and oxygen atoms in total. The minimum absolute atomic E-state index is 0.112. The Morgan fingerprint density at radius 1 is 1.64 bits per heavy atom. The van der Waals surface area contributed by atoms with E-state index in [1.807, 2.05) is 6.92 Å². The van der Waals surface area contributed by atoms with E-state index in [4.69, 9.17) is 0 Å². The third-order valence-corrected chi connectivity index (χ3v) is 1.48. The van der Waals surface area contributed by atoms with Crippen LogP contribution in [0.25, 0.3) is 0 Å². The summed E-state index contributed by atoms with van der Waals surface area (Å²) >= 11 is 0. The van der Waals surface area contributed by atoms with Gasteiger partial charge in [-0.15, -0.1) is 6.58 Å². The second-order valence-electron chi connectivity index (χ2n) is 2.34. The van der Waals surface area contributed by atoms with E-state index < -0.39 is 0 Å². The predicted octanol–water partition coefficient (Wildman–Crippen LogP) is 1.64. The molecule has 1 N–H and O–H groups in total. The summed E-state index contributed by atoms with van der Waals surface area (Å²) < 4.78 is 0. The standard InChI is InChI=1S/C9H15NO/c1-4-7-8(5-2)10-9(11)6-3/h4,6,8H,1,3,5,7H2,2H3,(H,10,11). The molecule has 0 saturated heterocycles. The van der Waals surface area contributed by atoms with Crippen LogP contribution >= 0.6 is 0 Å². The molecule has 2 heteroatoms. The van der Waals surface area contributed by atoms with Crippen LogP contribution in [0, 0.1) is 0 Å². The number of hydrogen-bond acceptors (Lipinski definition) is 1. The van der Waals surface area contributed by atoms with Gasteiger partial charge in [-0.3, -0.25) is 4.79 Å². The molecule has 0 saturated carbocycles. The van der Waals surface area contributed by atoms with Crippen molar-refractivity contribution in [3.05, 3.63) is 25.3 Å². The van der Waals surface area contributed by atoms with Crippen LogP contribution in [-0.2, 0) is 4.79 Å². The molecule has 0 aliphatic rings. The van der Waals surface area contributed by atoms with Crippen molar-refractivity contribution in [1.82, 2.24) is 5.32 Å². The van der Waals surface area contributed by atoms with Crippen LogP contribution < -0.4 is 5.32 Å². The predicted molar refractivity (Wildman–Crippen MR) is 47.2 cm³/mol. The molecular formula is C9H15NO. The van der Waals surface area contributed by atoms with Gasteiger partial charge < -0.3 is 5.32 Å². The van der Waals surface area contributed by atoms with Gasteiger partial charge in [-0.05, 0) is 18.9 Å². The summed E-state index contributed by atoms with van der Waals surface area (Å²) in [5.74, 6) is -0.112. The van der Waals surface area contributed by atoms with Crippen LogP contribution in [0.15, 0.2) is 25.3 Å². The van der Waals surface area contributed by atoms with Crippen molar-refractivity contribution in [3.63, 3.8) is 0 Å². The van der Waals surface area contributed by atoms with Crippen molar-refractivity contribution in [2.24, 2.45) is 0 Å². The van der Waals surface area contributed by atoms with Gasteiger partial charge in [-0.25, -0.2) is 0 Å². The molecule has 1 atom stereocenters. The first-order chi connectivity index (χ1) is 5.24. The van der Waals surface area contributed by atoms with Gasteiger partial charge in [0.15, 0.2) is 0 Å². The van der Waals surface area contributed by atoms with Crippen LogP contribution in [0.3, 0.4) is 0 Å². The number of hydrogen-bond donors (Lipinski definition) is 1. The summed E-state index contributed by atoms with van der Waals surface area (Å²) in [5.41, 5.74) is 0. The SMILES string of the molecule is C=CCC(CC)NC(=O)C=C. The average Bonchev–Trinajstić information content (AvgIpc) is 2.03. The molecule has 0 rings (SSSR count). The highest BCUT2D eigenvalue weighted by Gasteiger charge is 2.04. The molecule has 0 radical (unpaired) electrons. The van der Waals surface area contributed by atoms with Crippen LogP contribution in [0.5, 0.6) is 0 Å². The number of carbonyl (C=O) groups is 1. The van der Waals surface area contributed by atoms with E-state index in [0.717, 1.165) is 12.8 Å². The summed E-state index contributed by atoms with van der Waals surface area (Å²) in [6.45, 7) is 9.00. The summed E-state index contributed by atoms with van der Waals surface area (Å²) in [7, 11) is 0. The van der Waals surface area contributed by atoms with E-state index in [2.05, 4.69) is 18.5 Å². The first-order valence-electron chi connectivity index (χ1n) is 3.78. The summed E-state index contributed by atoms with van der Waals surface area (Å²) in [6, 6.07) is 0.206. The maximum absolute atomic E-state index is 10.8. The first kappa shape index (κ1) is 9.95. The topological polar surface area (TPSA) is 29.1 Å². The highest BCUT2D eigenvalue weighted by atomic mass is 16.1. The summed E-state index contributed by atoms with van der Waals surface area (Å²) in [5, 5.41) is 2.79. The molecule has 0 bridgehead atoms. The van der Waals surface area contributed by atoms with E-state index in [-0.39, 0.29) is 11.9 Å². The Morgan fingerprint density at radius 3 is 2.64 bits per heavy atom. The van der Waals surface area contributed by atoms with Gasteiger partial charge in [0.05, 0.1) is 0 Å². The van der Waals surface area contributed by atoms with Crippen molar-refractivity contribution in [2.45, 2.75) is 25.8 Å². The minimum Gasteiger partial charge on any atom is -0.350 e. The lowest BCUT2D eigenvalue weighted by atomic mass is 10.1. The summed E-state index contributed by atoms with van der Waals surface area (Å²) in [6.07, 6.45) is 4.82. The van der Waals surface area contributed by atoms with Gasteiger partial charge in [0.25, 0.3) is 0 Å². The zero-order valence-electron chi connectivity index (χ0n) is 6.97. The Hall–Kier alpha value is -1.05. The van der Waals surface area contributed by atoms with Gasteiger partial charge in [0.2, 0.25) is 5.91 Å². The normalized spacial score (nSPS) is 11.7. The maximum Gasteiger partial charge on any atom is 0.243 e. The molecule has 0 fully saturated rings. The van der Waals surface area contributed by atoms with Crippen molar-refractivity contribution >= 4 is 5.91 Å². The lowest BCUT2D eigenvalue weighted by molar-refractivity contribution is -0.117. The molecular weight excluding hydrogens is 138 g/mol. The Labute approximate surface area is 68.0 Å². The zero-order valence-corrected chi connectivity index (χ0v) is 6.97. The highest BCUT2D eigenvalue weighted by molar-refractivity contribution is 5.87. The van der Waals surface area contributed by atoms with E-state index in [0.29, 0.717) is 0 Å². The fourth-order valence-corrected chi connectivity index (χ4v) is 0.789. The van der Waals surface area contributed by atoms with Crippen molar-refractivity contribution in [2.75, 3.05) is 0 Å². The Bertz CT molecular complexity index is 152. The molecule has 0 aromatic heterocycles. The summed E-state index contributed by atoms with van der Waals surface area (Å²) in [4.78, 5) is 10.8. The number of rotatable bonds is 5. The van der Waals surface area contributed by atoms with E-state index in [1.54, 1.807) is 6.08 Å². The van der Waals surface area contributed by atoms with Gasteiger partial charge >= 0.3 is 0 Å². The molecule has 1 unspecified atom stereocenters. The third kappa shape index (κ3) is 4.37. The Kier molecular flexibility index (Phi) is 5.17. The molecule has 0 aliphatic carbocycles. The largest absolute Gasteiger partial charge is 0.350 e. The highest BCUT2D eigenvalue weighted by Crippen LogP contribution is 1.97. The molecule has 0 aliphatic heterocycles. The van der Waals surface area contributed by atoms with E-state index in [9.17, 15) is 4.79 Å². The fraction of sp³-hybridized carbons (Fsp3) is 0.444. The van der Waals surface area contributed by atoms with E-state index >= 15 is 0 Å².